The summed E-state index contributed by atoms with van der Waals surface area (Å²) in [5.74, 6) is -0.268. The summed E-state index contributed by atoms with van der Waals surface area (Å²) in [7, 11) is 0. The van der Waals surface area contributed by atoms with Gasteiger partial charge in [0.05, 0.1) is 6.04 Å². The number of carbonyl (C=O) groups is 3. The number of nitrogens with two attached hydrogens (primary N) is 1. The highest BCUT2D eigenvalue weighted by Crippen LogP contribution is 2.27. The fourth-order valence-corrected chi connectivity index (χ4v) is 3.83. The summed E-state index contributed by atoms with van der Waals surface area (Å²) >= 11 is 0. The third-order valence-corrected chi connectivity index (χ3v) is 5.68. The van der Waals surface area contributed by atoms with Crippen molar-refractivity contribution in [1.29, 1.82) is 0 Å². The molecule has 1 heterocycles. The predicted molar refractivity (Wildman–Crippen MR) is 132 cm³/mol. The Bertz CT molecular complexity index is 1010. The summed E-state index contributed by atoms with van der Waals surface area (Å²) in [6, 6.07) is 15.8. The van der Waals surface area contributed by atoms with E-state index in [0.29, 0.717) is 17.9 Å². The Morgan fingerprint density at radius 3 is 2.47 bits per heavy atom. The van der Waals surface area contributed by atoms with Gasteiger partial charge in [0.2, 0.25) is 11.8 Å². The lowest BCUT2D eigenvalue weighted by Crippen LogP contribution is -2.53. The number of nitrogens with one attached hydrogen (secondary N) is 3. The fourth-order valence-electron chi connectivity index (χ4n) is 3.83. The topological polar surface area (TPSA) is 146 Å². The zero-order valence-electron chi connectivity index (χ0n) is 18.9. The number of amides is 3. The second-order valence-corrected chi connectivity index (χ2v) is 8.06. The van der Waals surface area contributed by atoms with E-state index in [0.717, 1.165) is 18.5 Å². The molecule has 1 saturated heterocycles. The smallest absolute Gasteiger partial charge is 0.433 e. The summed E-state index contributed by atoms with van der Waals surface area (Å²) in [6.07, 6.45) is 0.292. The van der Waals surface area contributed by atoms with Gasteiger partial charge in [0.1, 0.15) is 11.9 Å². The second-order valence-electron chi connectivity index (χ2n) is 8.06. The average Bonchev–Trinajstić information content (AvgIpc) is 2.83. The zero-order chi connectivity index (χ0) is 23.8. The van der Waals surface area contributed by atoms with Crippen LogP contribution in [0.15, 0.2) is 59.6 Å². The van der Waals surface area contributed by atoms with Gasteiger partial charge in [-0.25, -0.2) is 4.79 Å². The number of hydrogen-bond acceptors (Lipinski definition) is 4. The van der Waals surface area contributed by atoms with Crippen molar-refractivity contribution in [3.05, 3.63) is 71.3 Å². The molecule has 0 bridgehead atoms. The minimum absolute atomic E-state index is 0. The van der Waals surface area contributed by atoms with E-state index < -0.39 is 12.1 Å². The molecule has 0 unspecified atom stereocenters. The molecule has 2 aromatic carbocycles. The molecule has 182 valence electrons. The van der Waals surface area contributed by atoms with Gasteiger partial charge >= 0.3 is 6.09 Å². The number of aliphatic imine (C=N–C) groups is 1. The van der Waals surface area contributed by atoms with Crippen molar-refractivity contribution in [1.82, 2.24) is 16.0 Å². The molecule has 3 atom stereocenters. The van der Waals surface area contributed by atoms with Crippen LogP contribution in [0.5, 0.6) is 0 Å². The van der Waals surface area contributed by atoms with Gasteiger partial charge in [0.15, 0.2) is 0 Å². The Morgan fingerprint density at radius 2 is 1.82 bits per heavy atom. The molecule has 10 heteroatoms. The number of hydrogen-bond donors (Lipinski definition) is 5. The van der Waals surface area contributed by atoms with Crippen molar-refractivity contribution in [3.63, 3.8) is 0 Å². The number of piperidine rings is 1. The maximum atomic E-state index is 12.7. The van der Waals surface area contributed by atoms with E-state index >= 15 is 0 Å². The van der Waals surface area contributed by atoms with E-state index in [2.05, 4.69) is 33.1 Å². The largest absolute Gasteiger partial charge is 0.463 e. The van der Waals surface area contributed by atoms with Crippen molar-refractivity contribution in [2.24, 2.45) is 10.7 Å². The molecule has 0 aromatic heterocycles. The van der Waals surface area contributed by atoms with Gasteiger partial charge in [-0.15, -0.1) is 12.4 Å². The van der Waals surface area contributed by atoms with Gasteiger partial charge in [0, 0.05) is 12.1 Å². The summed E-state index contributed by atoms with van der Waals surface area (Å²) in [4.78, 5) is 39.0. The summed E-state index contributed by atoms with van der Waals surface area (Å²) in [5.41, 5.74) is 8.11. The van der Waals surface area contributed by atoms with Gasteiger partial charge in [-0.05, 0) is 43.4 Å². The van der Waals surface area contributed by atoms with Crippen LogP contribution in [-0.2, 0) is 16.1 Å². The number of carbonyl (C=O) groups excluding carboxylic acids is 2. The van der Waals surface area contributed by atoms with Crippen molar-refractivity contribution < 1.29 is 19.5 Å². The quantitative estimate of drug-likeness (QED) is 0.299. The molecule has 0 radical (unpaired) electrons. The monoisotopic (exact) mass is 487 g/mol. The molecule has 1 aliphatic heterocycles. The first kappa shape index (κ1) is 26.8. The van der Waals surface area contributed by atoms with Crippen LogP contribution >= 0.6 is 12.4 Å². The summed E-state index contributed by atoms with van der Waals surface area (Å²) in [6.45, 7) is 2.65. The van der Waals surface area contributed by atoms with Crippen molar-refractivity contribution in [2.45, 2.75) is 44.3 Å². The molecule has 1 fully saturated rings. The lowest BCUT2D eigenvalue weighted by Gasteiger charge is -2.30. The van der Waals surface area contributed by atoms with Gasteiger partial charge < -0.3 is 26.8 Å². The molecule has 6 N–H and O–H groups in total. The van der Waals surface area contributed by atoms with Crippen molar-refractivity contribution in [3.8, 4) is 0 Å². The van der Waals surface area contributed by atoms with Gasteiger partial charge in [-0.1, -0.05) is 54.6 Å². The lowest BCUT2D eigenvalue weighted by molar-refractivity contribution is -0.130. The first-order chi connectivity index (χ1) is 15.8. The molecule has 34 heavy (non-hydrogen) atoms. The van der Waals surface area contributed by atoms with E-state index in [9.17, 15) is 14.4 Å². The van der Waals surface area contributed by atoms with Crippen LogP contribution in [-0.4, -0.2) is 47.5 Å². The summed E-state index contributed by atoms with van der Waals surface area (Å²) in [5, 5.41) is 17.5. The predicted octanol–water partition coefficient (Wildman–Crippen LogP) is 2.15. The highest BCUT2D eigenvalue weighted by molar-refractivity contribution is 6.02. The van der Waals surface area contributed by atoms with E-state index in [4.69, 9.17) is 10.8 Å². The van der Waals surface area contributed by atoms with Gasteiger partial charge in [-0.3, -0.25) is 9.59 Å². The van der Waals surface area contributed by atoms with Crippen LogP contribution in [0.1, 0.15) is 42.4 Å². The van der Waals surface area contributed by atoms with Crippen molar-refractivity contribution >= 4 is 36.2 Å². The average molecular weight is 488 g/mol. The third kappa shape index (κ3) is 7.57. The number of nitrogens with zero attached hydrogens (tertiary/aromatic N) is 1. The van der Waals surface area contributed by atoms with E-state index in [1.54, 1.807) is 31.2 Å². The molecule has 2 aromatic rings. The Kier molecular flexibility index (Phi) is 10.0. The molecule has 1 aliphatic rings. The molecular formula is C24H30ClN5O4. The maximum Gasteiger partial charge on any atom is 0.433 e. The van der Waals surface area contributed by atoms with Crippen LogP contribution in [0.2, 0.25) is 0 Å². The lowest BCUT2D eigenvalue weighted by atomic mass is 9.86. The Balaban J connectivity index is 0.00000408. The number of benzene rings is 2. The fraction of sp³-hybridized carbons (Fsp3) is 0.333. The van der Waals surface area contributed by atoms with E-state index in [1.807, 2.05) is 18.2 Å². The normalized spacial score (nSPS) is 18.8. The molecule has 0 aliphatic carbocycles. The van der Waals surface area contributed by atoms with E-state index in [1.165, 1.54) is 5.56 Å². The summed E-state index contributed by atoms with van der Waals surface area (Å²) < 4.78 is 0. The van der Waals surface area contributed by atoms with Gasteiger partial charge in [-0.2, -0.15) is 4.99 Å². The molecule has 9 nitrogen and oxygen atoms in total. The molecular weight excluding hydrogens is 458 g/mol. The number of amidine groups is 1. The van der Waals surface area contributed by atoms with Gasteiger partial charge in [0.25, 0.3) is 0 Å². The number of rotatable bonds is 7. The minimum atomic E-state index is -1.36. The molecule has 0 spiro atoms. The molecule has 3 rings (SSSR count). The third-order valence-electron chi connectivity index (χ3n) is 5.68. The highest BCUT2D eigenvalue weighted by Gasteiger charge is 2.29. The van der Waals surface area contributed by atoms with Crippen LogP contribution in [0, 0.1) is 0 Å². The highest BCUT2D eigenvalue weighted by atomic mass is 35.5. The zero-order valence-corrected chi connectivity index (χ0v) is 19.7. The standard InChI is InChI=1S/C24H29N5O4.ClH/c1-15(22(30)27-14-16-7-9-18(10-8-16)21(25)29-24(32)33)28-23(31)20-13-19(11-12-26-20)17-5-3-2-4-6-17;/h2-10,15,19-20,26H,11-14H2,1H3,(H2,25,29)(H,27,30)(H,28,31)(H,32,33);1H/t15-,19-,20+;/m0./s1. The van der Waals surface area contributed by atoms with E-state index in [-0.39, 0.29) is 42.6 Å². The Hall–Kier alpha value is -3.43. The first-order valence-electron chi connectivity index (χ1n) is 10.9. The SMILES string of the molecule is C[C@H](NC(=O)[C@H]1C[C@@H](c2ccccc2)CCN1)C(=O)NCc1ccc(/C(N)=N/C(=O)O)cc1.Cl. The first-order valence-corrected chi connectivity index (χ1v) is 10.9. The van der Waals surface area contributed by atoms with Crippen molar-refractivity contribution in [2.75, 3.05) is 6.54 Å². The van der Waals surface area contributed by atoms with Crippen LogP contribution in [0.4, 0.5) is 4.79 Å². The van der Waals surface area contributed by atoms with Crippen LogP contribution in [0.3, 0.4) is 0 Å². The Morgan fingerprint density at radius 1 is 1.15 bits per heavy atom. The number of halogens is 1. The molecule has 0 saturated carbocycles. The second kappa shape index (κ2) is 12.7. The van der Waals surface area contributed by atoms with Crippen LogP contribution in [0.25, 0.3) is 0 Å². The minimum Gasteiger partial charge on any atom is -0.463 e. The maximum absolute atomic E-state index is 12.7. The van der Waals surface area contributed by atoms with Crippen LogP contribution < -0.4 is 21.7 Å². The Labute approximate surface area is 204 Å². The molecule has 3 amide bonds. The number of carboxylic acid groups (broad SMARTS) is 1.